The van der Waals surface area contributed by atoms with Crippen LogP contribution >= 0.6 is 0 Å². The van der Waals surface area contributed by atoms with Crippen molar-refractivity contribution >= 4 is 39.4 Å². The van der Waals surface area contributed by atoms with Crippen LogP contribution in [0.15, 0.2) is 41.1 Å². The molecule has 2 N–H and O–H groups in total. The minimum absolute atomic E-state index is 0.0276. The van der Waals surface area contributed by atoms with Crippen molar-refractivity contribution in [3.05, 3.63) is 42.5 Å². The SMILES string of the molecule is CNc1ncc(-c2nc3cccc(F)c3o2)c2cc(NC(=O)C3CC3)ncc12. The van der Waals surface area contributed by atoms with Gasteiger partial charge in [0, 0.05) is 36.1 Å². The molecule has 1 amide bonds. The van der Waals surface area contributed by atoms with Gasteiger partial charge in [0.05, 0.1) is 5.56 Å². The van der Waals surface area contributed by atoms with E-state index < -0.39 is 5.82 Å². The number of anilines is 2. The molecule has 1 saturated carbocycles. The Balaban J connectivity index is 1.67. The van der Waals surface area contributed by atoms with Crippen molar-refractivity contribution in [2.24, 2.45) is 5.92 Å². The summed E-state index contributed by atoms with van der Waals surface area (Å²) in [6.45, 7) is 0. The normalized spacial score (nSPS) is 13.8. The molecular weight excluding hydrogens is 361 g/mol. The van der Waals surface area contributed by atoms with Crippen LogP contribution < -0.4 is 10.6 Å². The predicted molar refractivity (Wildman–Crippen MR) is 103 cm³/mol. The van der Waals surface area contributed by atoms with Gasteiger partial charge in [-0.05, 0) is 31.0 Å². The molecule has 4 aromatic rings. The summed E-state index contributed by atoms with van der Waals surface area (Å²) in [6.07, 6.45) is 5.08. The third-order valence-corrected chi connectivity index (χ3v) is 4.81. The highest BCUT2D eigenvalue weighted by Gasteiger charge is 2.30. The van der Waals surface area contributed by atoms with Gasteiger partial charge in [-0.1, -0.05) is 6.07 Å². The van der Waals surface area contributed by atoms with Gasteiger partial charge in [-0.25, -0.2) is 19.3 Å². The van der Waals surface area contributed by atoms with Crippen LogP contribution in [-0.2, 0) is 4.79 Å². The van der Waals surface area contributed by atoms with Crippen LogP contribution in [-0.4, -0.2) is 27.9 Å². The Morgan fingerprint density at radius 2 is 2.07 bits per heavy atom. The van der Waals surface area contributed by atoms with Crippen LogP contribution in [0, 0.1) is 11.7 Å². The van der Waals surface area contributed by atoms with Gasteiger partial charge >= 0.3 is 0 Å². The zero-order chi connectivity index (χ0) is 19.3. The summed E-state index contributed by atoms with van der Waals surface area (Å²) in [7, 11) is 1.76. The van der Waals surface area contributed by atoms with Gasteiger partial charge in [-0.15, -0.1) is 0 Å². The minimum atomic E-state index is -0.473. The molecule has 1 fully saturated rings. The summed E-state index contributed by atoms with van der Waals surface area (Å²) < 4.78 is 19.7. The Hall–Kier alpha value is -3.55. The second-order valence-corrected chi connectivity index (χ2v) is 6.76. The smallest absolute Gasteiger partial charge is 0.229 e. The van der Waals surface area contributed by atoms with E-state index in [1.54, 1.807) is 37.6 Å². The van der Waals surface area contributed by atoms with E-state index in [1.807, 2.05) is 0 Å². The van der Waals surface area contributed by atoms with Gasteiger partial charge in [-0.3, -0.25) is 4.79 Å². The minimum Gasteiger partial charge on any atom is -0.433 e. The van der Waals surface area contributed by atoms with Crippen molar-refractivity contribution in [3.63, 3.8) is 0 Å². The maximum atomic E-state index is 14.0. The molecule has 0 radical (unpaired) electrons. The molecule has 0 atom stereocenters. The Kier molecular flexibility index (Phi) is 3.71. The summed E-state index contributed by atoms with van der Waals surface area (Å²) in [5.41, 5.74) is 1.12. The fourth-order valence-corrected chi connectivity index (χ4v) is 3.18. The summed E-state index contributed by atoms with van der Waals surface area (Å²) in [4.78, 5) is 25.2. The van der Waals surface area contributed by atoms with Crippen LogP contribution in [0.3, 0.4) is 0 Å². The molecule has 0 bridgehead atoms. The first-order valence-electron chi connectivity index (χ1n) is 8.97. The lowest BCUT2D eigenvalue weighted by molar-refractivity contribution is -0.117. The number of carbonyl (C=O) groups excluding carboxylic acids is 1. The van der Waals surface area contributed by atoms with E-state index in [-0.39, 0.29) is 23.3 Å². The van der Waals surface area contributed by atoms with E-state index in [0.29, 0.717) is 22.7 Å². The van der Waals surface area contributed by atoms with Gasteiger partial charge in [0.1, 0.15) is 17.2 Å². The van der Waals surface area contributed by atoms with Crippen molar-refractivity contribution in [3.8, 4) is 11.5 Å². The molecule has 1 aromatic carbocycles. The lowest BCUT2D eigenvalue weighted by atomic mass is 10.1. The highest BCUT2D eigenvalue weighted by atomic mass is 19.1. The number of benzene rings is 1. The van der Waals surface area contributed by atoms with E-state index >= 15 is 0 Å². The topological polar surface area (TPSA) is 92.9 Å². The summed E-state index contributed by atoms with van der Waals surface area (Å²) >= 11 is 0. The third kappa shape index (κ3) is 2.74. The lowest BCUT2D eigenvalue weighted by Gasteiger charge is -2.10. The van der Waals surface area contributed by atoms with E-state index in [9.17, 15) is 9.18 Å². The van der Waals surface area contributed by atoms with Crippen molar-refractivity contribution < 1.29 is 13.6 Å². The van der Waals surface area contributed by atoms with Gasteiger partial charge < -0.3 is 15.1 Å². The average molecular weight is 377 g/mol. The van der Waals surface area contributed by atoms with Gasteiger partial charge in [0.15, 0.2) is 11.4 Å². The molecule has 5 rings (SSSR count). The number of fused-ring (bicyclic) bond motifs is 2. The molecule has 1 aliphatic rings. The first kappa shape index (κ1) is 16.6. The molecule has 3 heterocycles. The molecule has 8 heteroatoms. The Bertz CT molecular complexity index is 1230. The Labute approximate surface area is 159 Å². The quantitative estimate of drug-likeness (QED) is 0.559. The van der Waals surface area contributed by atoms with E-state index in [2.05, 4.69) is 25.6 Å². The number of para-hydroxylation sites is 1. The first-order valence-corrected chi connectivity index (χ1v) is 8.97. The molecule has 0 spiro atoms. The molecule has 1 aliphatic carbocycles. The number of halogens is 1. The second-order valence-electron chi connectivity index (χ2n) is 6.76. The number of rotatable bonds is 4. The van der Waals surface area contributed by atoms with Gasteiger partial charge in [-0.2, -0.15) is 0 Å². The standard InChI is InChI=1S/C20H16FN5O2/c1-22-18-12-8-23-16(26-19(27)10-5-6-10)7-11(12)13(9-24-18)20-25-15-4-2-3-14(21)17(15)28-20/h2-4,7-10H,5-6H2,1H3,(H,22,24)(H,23,26,27). The Morgan fingerprint density at radius 1 is 1.21 bits per heavy atom. The number of hydrogen-bond acceptors (Lipinski definition) is 6. The van der Waals surface area contributed by atoms with E-state index in [1.165, 1.54) is 6.07 Å². The van der Waals surface area contributed by atoms with Crippen LogP contribution in [0.1, 0.15) is 12.8 Å². The zero-order valence-corrected chi connectivity index (χ0v) is 15.0. The largest absolute Gasteiger partial charge is 0.433 e. The number of nitrogens with one attached hydrogen (secondary N) is 2. The van der Waals surface area contributed by atoms with Crippen molar-refractivity contribution in [2.75, 3.05) is 17.7 Å². The number of pyridine rings is 2. The molecule has 0 aliphatic heterocycles. The molecule has 0 unspecified atom stereocenters. The fourth-order valence-electron chi connectivity index (χ4n) is 3.18. The van der Waals surface area contributed by atoms with Crippen LogP contribution in [0.5, 0.6) is 0 Å². The number of carbonyl (C=O) groups is 1. The molecule has 28 heavy (non-hydrogen) atoms. The number of amides is 1. The second kappa shape index (κ2) is 6.26. The van der Waals surface area contributed by atoms with Crippen LogP contribution in [0.25, 0.3) is 33.3 Å². The van der Waals surface area contributed by atoms with Crippen molar-refractivity contribution in [2.45, 2.75) is 12.8 Å². The van der Waals surface area contributed by atoms with Crippen LogP contribution in [0.2, 0.25) is 0 Å². The molecule has 3 aromatic heterocycles. The number of hydrogen-bond donors (Lipinski definition) is 2. The summed E-state index contributed by atoms with van der Waals surface area (Å²) in [5.74, 6) is 0.905. The third-order valence-electron chi connectivity index (χ3n) is 4.81. The summed E-state index contributed by atoms with van der Waals surface area (Å²) in [6, 6.07) is 6.36. The Morgan fingerprint density at radius 3 is 2.82 bits per heavy atom. The molecular formula is C20H16FN5O2. The van der Waals surface area contributed by atoms with Gasteiger partial charge in [0.25, 0.3) is 0 Å². The first-order chi connectivity index (χ1) is 13.6. The molecule has 140 valence electrons. The lowest BCUT2D eigenvalue weighted by Crippen LogP contribution is -2.14. The maximum absolute atomic E-state index is 14.0. The monoisotopic (exact) mass is 377 g/mol. The zero-order valence-electron chi connectivity index (χ0n) is 15.0. The fraction of sp³-hybridized carbons (Fsp3) is 0.200. The number of nitrogens with zero attached hydrogens (tertiary/aromatic N) is 3. The van der Waals surface area contributed by atoms with Gasteiger partial charge in [0.2, 0.25) is 11.8 Å². The number of aromatic nitrogens is 3. The van der Waals surface area contributed by atoms with Crippen LogP contribution in [0.4, 0.5) is 16.0 Å². The predicted octanol–water partition coefficient (Wildman–Crippen LogP) is 3.97. The average Bonchev–Trinajstić information content (AvgIpc) is 3.46. The van der Waals surface area contributed by atoms with E-state index in [0.717, 1.165) is 23.6 Å². The maximum Gasteiger partial charge on any atom is 0.229 e. The summed E-state index contributed by atoms with van der Waals surface area (Å²) in [5, 5.41) is 7.36. The van der Waals surface area contributed by atoms with Crippen molar-refractivity contribution in [1.29, 1.82) is 0 Å². The van der Waals surface area contributed by atoms with Crippen molar-refractivity contribution in [1.82, 2.24) is 15.0 Å². The van der Waals surface area contributed by atoms with E-state index in [4.69, 9.17) is 4.42 Å². The number of oxazole rings is 1. The highest BCUT2D eigenvalue weighted by molar-refractivity contribution is 6.03. The molecule has 0 saturated heterocycles. The highest BCUT2D eigenvalue weighted by Crippen LogP contribution is 2.35. The molecule has 7 nitrogen and oxygen atoms in total.